The molecule has 7 aliphatic rings. The summed E-state index contributed by atoms with van der Waals surface area (Å²) in [5, 5.41) is 32.1. The maximum absolute atomic E-state index is 14.7. The Morgan fingerprint density at radius 1 is 1.09 bits per heavy atom. The maximum Gasteiger partial charge on any atom is 0.333 e. The number of fused-ring (bicyclic) bond motifs is 11. The minimum Gasteiger partial charge on any atom is -0.504 e. The van der Waals surface area contributed by atoms with E-state index in [1.165, 1.54) is 18.7 Å². The second-order valence-corrected chi connectivity index (χ2v) is 16.0. The number of aliphatic hydroxyl groups excluding tert-OH is 1. The van der Waals surface area contributed by atoms with Gasteiger partial charge in [0.25, 0.3) is 0 Å². The Hall–Kier alpha value is -4.47. The first kappa shape index (κ1) is 33.1. The fraction of sp³-hybridized carbons (Fsp3) is 0.436. The minimum atomic E-state index is -1.23. The number of phenols is 1. The van der Waals surface area contributed by atoms with Crippen LogP contribution in [0, 0.1) is 13.8 Å². The minimum absolute atomic E-state index is 0.0359. The zero-order valence-electron chi connectivity index (χ0n) is 29.7. The molecule has 5 N–H and O–H groups in total. The summed E-state index contributed by atoms with van der Waals surface area (Å²) in [7, 11) is 1.54. The van der Waals surface area contributed by atoms with E-state index in [-0.39, 0.29) is 24.9 Å². The van der Waals surface area contributed by atoms with Crippen LogP contribution in [0.5, 0.6) is 28.7 Å². The first-order valence-corrected chi connectivity index (χ1v) is 19.1. The van der Waals surface area contributed by atoms with Gasteiger partial charge in [0.15, 0.2) is 28.5 Å². The van der Waals surface area contributed by atoms with Crippen LogP contribution in [-0.2, 0) is 32.7 Å². The number of aromatic amines is 1. The van der Waals surface area contributed by atoms with Crippen LogP contribution < -0.4 is 29.6 Å². The van der Waals surface area contributed by atoms with Crippen molar-refractivity contribution in [2.75, 3.05) is 32.8 Å². The topological polar surface area (TPSA) is 164 Å². The number of thioether (sulfide) groups is 1. The van der Waals surface area contributed by atoms with Gasteiger partial charge in [-0.05, 0) is 49.4 Å². The van der Waals surface area contributed by atoms with Crippen molar-refractivity contribution in [1.29, 1.82) is 0 Å². The van der Waals surface area contributed by atoms with Gasteiger partial charge in [-0.2, -0.15) is 0 Å². The van der Waals surface area contributed by atoms with E-state index in [1.54, 1.807) is 7.11 Å². The predicted octanol–water partition coefficient (Wildman–Crippen LogP) is 3.84. The molecule has 53 heavy (non-hydrogen) atoms. The van der Waals surface area contributed by atoms with Gasteiger partial charge in [0, 0.05) is 58.4 Å². The number of benzene rings is 3. The van der Waals surface area contributed by atoms with Gasteiger partial charge >= 0.3 is 11.9 Å². The molecule has 14 heteroatoms. The van der Waals surface area contributed by atoms with Crippen LogP contribution >= 0.6 is 11.8 Å². The third-order valence-corrected chi connectivity index (χ3v) is 13.6. The second-order valence-electron chi connectivity index (χ2n) is 14.8. The van der Waals surface area contributed by atoms with Gasteiger partial charge in [-0.15, -0.1) is 11.8 Å². The van der Waals surface area contributed by atoms with Crippen LogP contribution in [0.4, 0.5) is 0 Å². The highest BCUT2D eigenvalue weighted by Gasteiger charge is 2.60. The summed E-state index contributed by atoms with van der Waals surface area (Å²) in [4.78, 5) is 33.2. The van der Waals surface area contributed by atoms with Gasteiger partial charge < -0.3 is 44.2 Å². The molecule has 3 unspecified atom stereocenters. The van der Waals surface area contributed by atoms with Crippen LogP contribution in [0.15, 0.2) is 30.3 Å². The number of para-hydroxylation sites is 1. The van der Waals surface area contributed by atoms with Gasteiger partial charge in [0.2, 0.25) is 6.79 Å². The Morgan fingerprint density at radius 3 is 2.72 bits per heavy atom. The number of carbonyl (C=O) groups is 2. The highest BCUT2D eigenvalue weighted by atomic mass is 32.2. The van der Waals surface area contributed by atoms with Gasteiger partial charge in [-0.1, -0.05) is 24.3 Å². The number of nitrogens with zero attached hydrogens (tertiary/aromatic N) is 1. The molecule has 0 saturated carbocycles. The summed E-state index contributed by atoms with van der Waals surface area (Å²) in [6, 6.07) is 7.92. The molecule has 0 aliphatic carbocycles. The molecule has 2 saturated heterocycles. The molecule has 0 radical (unpaired) electrons. The number of H-pyrrole nitrogens is 1. The van der Waals surface area contributed by atoms with Crippen molar-refractivity contribution in [1.82, 2.24) is 20.5 Å². The standard InChI is InChI=1S/C39H40N4O9S/c1-16-11-19-12-23-37(46)43-24-13-49-38(47)39(36-21(9-10-40-39)20-7-5-6-8-22(20)42-36)14-53-35(29(43)28(41-23)25(19)30(45)31(16)48-4)27-26(24)34-33(50-15-51-34)17(2)32(27)52-18(3)44/h5-8,11,23-24,28-29,35,37,40-42,45-46H,9-10,12-15H2,1-4H3/t23?,24-,28?,29?,35+,37-,39+/m0/s1. The number of nitrogens with one attached hydrogen (secondary N) is 3. The number of ether oxygens (including phenoxy) is 5. The van der Waals surface area contributed by atoms with E-state index in [9.17, 15) is 19.8 Å². The van der Waals surface area contributed by atoms with Gasteiger partial charge in [-0.25, -0.2) is 4.79 Å². The van der Waals surface area contributed by atoms with Crippen molar-refractivity contribution in [3.63, 3.8) is 0 Å². The summed E-state index contributed by atoms with van der Waals surface area (Å²) in [6.45, 7) is 5.51. The molecule has 276 valence electrons. The maximum atomic E-state index is 14.7. The van der Waals surface area contributed by atoms with E-state index in [4.69, 9.17) is 23.7 Å². The number of hydrogen-bond donors (Lipinski definition) is 5. The van der Waals surface area contributed by atoms with Crippen LogP contribution in [0.25, 0.3) is 10.9 Å². The van der Waals surface area contributed by atoms with E-state index in [0.29, 0.717) is 52.7 Å². The summed E-state index contributed by atoms with van der Waals surface area (Å²) < 4.78 is 30.4. The van der Waals surface area contributed by atoms with E-state index in [0.717, 1.165) is 45.3 Å². The lowest BCUT2D eigenvalue weighted by Crippen LogP contribution is -2.69. The number of methoxy groups -OCH3 is 1. The number of phenolic OH excluding ortho intramolecular Hbond substituents is 1. The number of piperazine rings is 1. The van der Waals surface area contributed by atoms with E-state index in [2.05, 4.69) is 21.7 Å². The Bertz CT molecular complexity index is 2260. The summed E-state index contributed by atoms with van der Waals surface area (Å²) in [5.41, 5.74) is 5.98. The third-order valence-electron chi connectivity index (χ3n) is 12.1. The molecular weight excluding hydrogens is 701 g/mol. The number of aryl methyl sites for hydroxylation is 1. The summed E-state index contributed by atoms with van der Waals surface area (Å²) in [6.07, 6.45) is 0.166. The molecule has 7 aliphatic heterocycles. The van der Waals surface area contributed by atoms with Crippen LogP contribution in [0.2, 0.25) is 0 Å². The Morgan fingerprint density at radius 2 is 1.91 bits per heavy atom. The molecule has 7 atom stereocenters. The average molecular weight is 741 g/mol. The number of aromatic hydroxyl groups is 1. The first-order chi connectivity index (χ1) is 25.6. The van der Waals surface area contributed by atoms with Crippen LogP contribution in [0.1, 0.15) is 68.9 Å². The number of hydrogen-bond acceptors (Lipinski definition) is 13. The van der Waals surface area contributed by atoms with Gasteiger partial charge in [-0.3, -0.25) is 15.0 Å². The number of aliphatic hydroxyl groups is 1. The molecule has 1 aromatic heterocycles. The Balaban J connectivity index is 1.23. The second kappa shape index (κ2) is 11.8. The number of esters is 2. The molecule has 4 bridgehead atoms. The van der Waals surface area contributed by atoms with Crippen LogP contribution in [-0.4, -0.2) is 83.2 Å². The Kier molecular flexibility index (Phi) is 7.35. The summed E-state index contributed by atoms with van der Waals surface area (Å²) in [5.74, 6) is 1.07. The van der Waals surface area contributed by atoms with Crippen molar-refractivity contribution in [2.45, 2.75) is 74.8 Å². The van der Waals surface area contributed by atoms with Crippen molar-refractivity contribution in [2.24, 2.45) is 0 Å². The predicted molar refractivity (Wildman–Crippen MR) is 194 cm³/mol. The van der Waals surface area contributed by atoms with Gasteiger partial charge in [0.1, 0.15) is 18.6 Å². The molecule has 1 spiro atoms. The van der Waals surface area contributed by atoms with Crippen LogP contribution in [0.3, 0.4) is 0 Å². The summed E-state index contributed by atoms with van der Waals surface area (Å²) >= 11 is 1.53. The van der Waals surface area contributed by atoms with Crippen molar-refractivity contribution >= 4 is 34.6 Å². The zero-order valence-corrected chi connectivity index (χ0v) is 30.5. The molecule has 8 heterocycles. The lowest BCUT2D eigenvalue weighted by atomic mass is 9.74. The molecule has 11 rings (SSSR count). The molecule has 2 fully saturated rings. The smallest absolute Gasteiger partial charge is 0.333 e. The van der Waals surface area contributed by atoms with E-state index in [1.807, 2.05) is 43.0 Å². The largest absolute Gasteiger partial charge is 0.504 e. The monoisotopic (exact) mass is 740 g/mol. The number of carbonyl (C=O) groups excluding carboxylic acids is 2. The normalized spacial score (nSPS) is 29.6. The molecule has 3 aromatic carbocycles. The molecule has 0 amide bonds. The van der Waals surface area contributed by atoms with Crippen molar-refractivity contribution < 1.29 is 43.5 Å². The first-order valence-electron chi connectivity index (χ1n) is 18.0. The number of aromatic nitrogens is 1. The van der Waals surface area contributed by atoms with E-state index >= 15 is 0 Å². The fourth-order valence-electron chi connectivity index (χ4n) is 10.0. The molecular formula is C39H40N4O9S. The molecule has 4 aromatic rings. The SMILES string of the molecule is COc1c(C)cc2c(c1O)C1NC(C2)[C@H](O)N2C1[C@@H]1SC[C@]3(NCCc4c3[nH]c3ccccc43)C(=O)OC[C@H]2c2c3c(c(C)c(OC(C)=O)c21)OCO3. The quantitative estimate of drug-likeness (QED) is 0.149. The fourth-order valence-corrected chi connectivity index (χ4v) is 11.7. The van der Waals surface area contributed by atoms with E-state index < -0.39 is 53.1 Å². The van der Waals surface area contributed by atoms with Crippen molar-refractivity contribution in [3.8, 4) is 28.7 Å². The number of rotatable bonds is 2. The van der Waals surface area contributed by atoms with Gasteiger partial charge in [0.05, 0.1) is 36.2 Å². The van der Waals surface area contributed by atoms with Crippen molar-refractivity contribution in [3.05, 3.63) is 75.0 Å². The average Bonchev–Trinajstić information content (AvgIpc) is 3.79. The Labute approximate surface area is 309 Å². The molecule has 13 nitrogen and oxygen atoms in total. The zero-order chi connectivity index (χ0) is 36.5. The lowest BCUT2D eigenvalue weighted by molar-refractivity contribution is -0.164. The third kappa shape index (κ3) is 4.47. The lowest BCUT2D eigenvalue weighted by Gasteiger charge is -2.59. The highest BCUT2D eigenvalue weighted by molar-refractivity contribution is 7.99. The highest BCUT2D eigenvalue weighted by Crippen LogP contribution is 2.63.